The highest BCUT2D eigenvalue weighted by Gasteiger charge is 2.32. The predicted octanol–water partition coefficient (Wildman–Crippen LogP) is 1.03. The van der Waals surface area contributed by atoms with Gasteiger partial charge < -0.3 is 10.6 Å². The molecule has 0 bridgehead atoms. The second-order valence-corrected chi connectivity index (χ2v) is 5.41. The number of ketones is 1. The summed E-state index contributed by atoms with van der Waals surface area (Å²) < 4.78 is 0. The van der Waals surface area contributed by atoms with E-state index >= 15 is 0 Å². The van der Waals surface area contributed by atoms with Gasteiger partial charge in [0.15, 0.2) is 5.78 Å². The monoisotopic (exact) mass is 220 g/mol. The van der Waals surface area contributed by atoms with Crippen LogP contribution in [0.2, 0.25) is 0 Å². The van der Waals surface area contributed by atoms with Crippen molar-refractivity contribution in [1.82, 2.24) is 10.6 Å². The van der Waals surface area contributed by atoms with E-state index in [1.807, 2.05) is 0 Å². The molecular formula is C13H20N2O. The van der Waals surface area contributed by atoms with Gasteiger partial charge in [-0.15, -0.1) is 0 Å². The van der Waals surface area contributed by atoms with Crippen LogP contribution in [0.4, 0.5) is 0 Å². The van der Waals surface area contributed by atoms with Gasteiger partial charge in [-0.2, -0.15) is 0 Å². The molecule has 1 heterocycles. The van der Waals surface area contributed by atoms with E-state index in [2.05, 4.69) is 37.1 Å². The van der Waals surface area contributed by atoms with Gasteiger partial charge in [0.2, 0.25) is 0 Å². The first-order valence-corrected chi connectivity index (χ1v) is 5.89. The maximum absolute atomic E-state index is 12.1. The number of Topliss-reactive ketones (excluding diaryl/α,β-unsaturated/α-hetero) is 1. The first-order chi connectivity index (χ1) is 7.49. The first-order valence-electron chi connectivity index (χ1n) is 5.89. The minimum Gasteiger partial charge on any atom is -0.314 e. The topological polar surface area (TPSA) is 41.1 Å². The molecule has 3 heteroatoms. The molecule has 0 radical (unpaired) electrons. The molecule has 1 aliphatic carbocycles. The Balaban J connectivity index is 2.26. The van der Waals surface area contributed by atoms with Crippen LogP contribution in [0.1, 0.15) is 20.3 Å². The highest BCUT2D eigenvalue weighted by molar-refractivity contribution is 6.09. The third-order valence-electron chi connectivity index (χ3n) is 3.21. The van der Waals surface area contributed by atoms with Crippen LogP contribution in [0.3, 0.4) is 0 Å². The fraction of sp³-hybridized carbons (Fsp3) is 0.615. The van der Waals surface area contributed by atoms with E-state index in [1.54, 1.807) is 0 Å². The molecule has 88 valence electrons. The molecule has 1 saturated heterocycles. The fourth-order valence-electron chi connectivity index (χ4n) is 2.50. The van der Waals surface area contributed by atoms with Gasteiger partial charge in [0.25, 0.3) is 0 Å². The summed E-state index contributed by atoms with van der Waals surface area (Å²) in [7, 11) is 0. The highest BCUT2D eigenvalue weighted by Crippen LogP contribution is 2.34. The lowest BCUT2D eigenvalue weighted by molar-refractivity contribution is -0.113. The van der Waals surface area contributed by atoms with Crippen molar-refractivity contribution < 1.29 is 4.79 Å². The molecule has 0 saturated carbocycles. The molecular weight excluding hydrogens is 200 g/mol. The Hall–Kier alpha value is -0.930. The standard InChI is InChI=1S/C13H20N2O/c1-9-6-13(2,3)7-10(12(9)16)11-8-14-4-5-15-11/h7,11,14-15H,1,4-6,8H2,2-3H3. The van der Waals surface area contributed by atoms with E-state index < -0.39 is 0 Å². The van der Waals surface area contributed by atoms with Gasteiger partial charge in [0.05, 0.1) is 0 Å². The molecule has 1 aliphatic heterocycles. The van der Waals surface area contributed by atoms with Gasteiger partial charge in [0, 0.05) is 31.2 Å². The maximum atomic E-state index is 12.1. The highest BCUT2D eigenvalue weighted by atomic mass is 16.1. The number of hydrogen-bond donors (Lipinski definition) is 2. The van der Waals surface area contributed by atoms with E-state index in [4.69, 9.17) is 0 Å². The zero-order chi connectivity index (χ0) is 11.8. The van der Waals surface area contributed by atoms with Crippen LogP contribution in [-0.2, 0) is 4.79 Å². The number of piperazine rings is 1. The lowest BCUT2D eigenvalue weighted by Crippen LogP contribution is -2.51. The third-order valence-corrected chi connectivity index (χ3v) is 3.21. The zero-order valence-corrected chi connectivity index (χ0v) is 10.1. The van der Waals surface area contributed by atoms with Crippen LogP contribution in [-0.4, -0.2) is 31.5 Å². The second kappa shape index (κ2) is 4.15. The van der Waals surface area contributed by atoms with Gasteiger partial charge in [-0.05, 0) is 17.4 Å². The molecule has 0 aromatic rings. The number of hydrogen-bond acceptors (Lipinski definition) is 3. The van der Waals surface area contributed by atoms with Gasteiger partial charge in [-0.3, -0.25) is 4.79 Å². The number of rotatable bonds is 1. The van der Waals surface area contributed by atoms with Crippen molar-refractivity contribution in [3.63, 3.8) is 0 Å². The van der Waals surface area contributed by atoms with E-state index in [1.165, 1.54) is 0 Å². The Morgan fingerprint density at radius 1 is 1.44 bits per heavy atom. The molecule has 1 fully saturated rings. The number of carbonyl (C=O) groups is 1. The van der Waals surface area contributed by atoms with Crippen LogP contribution in [0.25, 0.3) is 0 Å². The van der Waals surface area contributed by atoms with E-state index in [9.17, 15) is 4.79 Å². The van der Waals surface area contributed by atoms with E-state index in [0.29, 0.717) is 0 Å². The van der Waals surface area contributed by atoms with Gasteiger partial charge in [-0.25, -0.2) is 0 Å². The van der Waals surface area contributed by atoms with Crippen molar-refractivity contribution in [2.45, 2.75) is 26.3 Å². The summed E-state index contributed by atoms with van der Waals surface area (Å²) in [5.41, 5.74) is 1.70. The normalized spacial score (nSPS) is 30.1. The van der Waals surface area contributed by atoms with Gasteiger partial charge in [-0.1, -0.05) is 26.5 Å². The molecule has 2 aliphatic rings. The van der Waals surface area contributed by atoms with Gasteiger partial charge >= 0.3 is 0 Å². The molecule has 1 unspecified atom stereocenters. The van der Waals surface area contributed by atoms with Crippen molar-refractivity contribution in [3.05, 3.63) is 23.8 Å². The first kappa shape index (κ1) is 11.6. The minimum atomic E-state index is 0.0550. The molecule has 0 amide bonds. The van der Waals surface area contributed by atoms with Crippen molar-refractivity contribution in [1.29, 1.82) is 0 Å². The average molecular weight is 220 g/mol. The van der Waals surface area contributed by atoms with Crippen LogP contribution >= 0.6 is 0 Å². The largest absolute Gasteiger partial charge is 0.314 e. The third kappa shape index (κ3) is 2.25. The number of nitrogens with one attached hydrogen (secondary N) is 2. The van der Waals surface area contributed by atoms with Crippen molar-refractivity contribution in [2.75, 3.05) is 19.6 Å². The molecule has 3 nitrogen and oxygen atoms in total. The molecule has 0 aromatic heterocycles. The summed E-state index contributed by atoms with van der Waals surface area (Å²) in [5, 5.41) is 6.69. The predicted molar refractivity (Wildman–Crippen MR) is 65.3 cm³/mol. The van der Waals surface area contributed by atoms with Crippen LogP contribution in [0.5, 0.6) is 0 Å². The lowest BCUT2D eigenvalue weighted by Gasteiger charge is -2.33. The Kier molecular flexibility index (Phi) is 3.00. The second-order valence-electron chi connectivity index (χ2n) is 5.41. The average Bonchev–Trinajstić information content (AvgIpc) is 2.24. The quantitative estimate of drug-likeness (QED) is 0.649. The summed E-state index contributed by atoms with van der Waals surface area (Å²) in [6.45, 7) is 10.9. The van der Waals surface area contributed by atoms with Crippen molar-refractivity contribution >= 4 is 5.78 Å². The Labute approximate surface area is 97.0 Å². The minimum absolute atomic E-state index is 0.0550. The molecule has 0 spiro atoms. The van der Waals surface area contributed by atoms with Crippen molar-refractivity contribution in [3.8, 4) is 0 Å². The van der Waals surface area contributed by atoms with E-state index in [0.717, 1.165) is 37.2 Å². The van der Waals surface area contributed by atoms with Crippen LogP contribution < -0.4 is 10.6 Å². The Morgan fingerprint density at radius 2 is 2.19 bits per heavy atom. The number of carbonyl (C=O) groups excluding carboxylic acids is 1. The summed E-state index contributed by atoms with van der Waals surface area (Å²) in [6, 6.07) is 0.151. The fourth-order valence-corrected chi connectivity index (χ4v) is 2.50. The zero-order valence-electron chi connectivity index (χ0n) is 10.1. The molecule has 16 heavy (non-hydrogen) atoms. The van der Waals surface area contributed by atoms with Crippen molar-refractivity contribution in [2.24, 2.45) is 5.41 Å². The molecule has 0 aromatic carbocycles. The molecule has 2 rings (SSSR count). The lowest BCUT2D eigenvalue weighted by atomic mass is 9.75. The Morgan fingerprint density at radius 3 is 2.81 bits per heavy atom. The van der Waals surface area contributed by atoms with Crippen LogP contribution in [0.15, 0.2) is 23.8 Å². The van der Waals surface area contributed by atoms with Crippen LogP contribution in [0, 0.1) is 5.41 Å². The summed E-state index contributed by atoms with van der Waals surface area (Å²) in [6.07, 6.45) is 2.89. The molecule has 1 atom stereocenters. The van der Waals surface area contributed by atoms with Gasteiger partial charge in [0.1, 0.15) is 0 Å². The molecule has 2 N–H and O–H groups in total. The summed E-state index contributed by atoms with van der Waals surface area (Å²) in [4.78, 5) is 12.1. The Bertz CT molecular complexity index is 349. The summed E-state index contributed by atoms with van der Waals surface area (Å²) in [5.74, 6) is 0.139. The number of allylic oxidation sites excluding steroid dienone is 2. The SMILES string of the molecule is C=C1CC(C)(C)C=C(C2CNCCN2)C1=O. The summed E-state index contributed by atoms with van der Waals surface area (Å²) >= 11 is 0. The van der Waals surface area contributed by atoms with E-state index in [-0.39, 0.29) is 17.2 Å². The smallest absolute Gasteiger partial charge is 0.185 e. The maximum Gasteiger partial charge on any atom is 0.185 e.